The quantitative estimate of drug-likeness (QED) is 0.767. The van der Waals surface area contributed by atoms with Crippen LogP contribution in [-0.2, 0) is 9.53 Å². The lowest BCUT2D eigenvalue weighted by atomic mass is 10.2. The van der Waals surface area contributed by atoms with E-state index in [-0.39, 0.29) is 12.0 Å². The molecular weight excluding hydrogens is 206 g/mol. The first-order chi connectivity index (χ1) is 7.61. The summed E-state index contributed by atoms with van der Waals surface area (Å²) in [5.74, 6) is 0.326. The van der Waals surface area contributed by atoms with Gasteiger partial charge in [-0.3, -0.25) is 4.79 Å². The fraction of sp³-hybridized carbons (Fsp3) is 0.545. The summed E-state index contributed by atoms with van der Waals surface area (Å²) >= 11 is 0. The molecule has 0 bridgehead atoms. The normalized spacial score (nSPS) is 11.9. The van der Waals surface area contributed by atoms with Gasteiger partial charge in [0.15, 0.2) is 0 Å². The number of rotatable bonds is 5. The van der Waals surface area contributed by atoms with Gasteiger partial charge >= 0.3 is 5.97 Å². The average molecular weight is 223 g/mol. The molecule has 0 saturated carbocycles. The van der Waals surface area contributed by atoms with Crippen LogP contribution in [0.25, 0.3) is 0 Å². The number of hydrogen-bond donors (Lipinski definition) is 1. The SMILES string of the molecule is CCOC(=O)CC(C)Nc1nccc(C)n1. The van der Waals surface area contributed by atoms with Crippen molar-refractivity contribution in [3.05, 3.63) is 18.0 Å². The van der Waals surface area contributed by atoms with Crippen LogP contribution in [0.15, 0.2) is 12.3 Å². The monoisotopic (exact) mass is 223 g/mol. The molecule has 1 rings (SSSR count). The van der Waals surface area contributed by atoms with E-state index in [0.717, 1.165) is 5.69 Å². The number of ether oxygens (including phenoxy) is 1. The molecule has 16 heavy (non-hydrogen) atoms. The highest BCUT2D eigenvalue weighted by Gasteiger charge is 2.10. The second-order valence-corrected chi connectivity index (χ2v) is 3.58. The highest BCUT2D eigenvalue weighted by Crippen LogP contribution is 2.04. The summed E-state index contributed by atoms with van der Waals surface area (Å²) in [5, 5.41) is 3.05. The van der Waals surface area contributed by atoms with E-state index in [9.17, 15) is 4.79 Å². The molecule has 1 heterocycles. The Hall–Kier alpha value is -1.65. The van der Waals surface area contributed by atoms with Crippen LogP contribution >= 0.6 is 0 Å². The number of nitrogens with one attached hydrogen (secondary N) is 1. The van der Waals surface area contributed by atoms with Crippen molar-refractivity contribution in [1.82, 2.24) is 9.97 Å². The fourth-order valence-electron chi connectivity index (χ4n) is 1.26. The lowest BCUT2D eigenvalue weighted by Gasteiger charge is -2.12. The van der Waals surface area contributed by atoms with Crippen molar-refractivity contribution in [2.75, 3.05) is 11.9 Å². The van der Waals surface area contributed by atoms with Gasteiger partial charge in [0.25, 0.3) is 0 Å². The minimum atomic E-state index is -0.213. The number of nitrogens with zero attached hydrogens (tertiary/aromatic N) is 2. The smallest absolute Gasteiger partial charge is 0.307 e. The summed E-state index contributed by atoms with van der Waals surface area (Å²) in [4.78, 5) is 19.5. The Morgan fingerprint density at radius 2 is 2.38 bits per heavy atom. The average Bonchev–Trinajstić information content (AvgIpc) is 2.17. The third-order valence-electron chi connectivity index (χ3n) is 1.95. The Balaban J connectivity index is 2.45. The van der Waals surface area contributed by atoms with Crippen molar-refractivity contribution in [1.29, 1.82) is 0 Å². The fourth-order valence-corrected chi connectivity index (χ4v) is 1.26. The number of anilines is 1. The van der Waals surface area contributed by atoms with Crippen LogP contribution in [0.3, 0.4) is 0 Å². The van der Waals surface area contributed by atoms with Crippen LogP contribution < -0.4 is 5.32 Å². The summed E-state index contributed by atoms with van der Waals surface area (Å²) in [6.07, 6.45) is 1.99. The van der Waals surface area contributed by atoms with Gasteiger partial charge in [-0.05, 0) is 26.8 Å². The zero-order valence-electron chi connectivity index (χ0n) is 9.86. The summed E-state index contributed by atoms with van der Waals surface area (Å²) in [5.41, 5.74) is 0.890. The zero-order chi connectivity index (χ0) is 12.0. The summed E-state index contributed by atoms with van der Waals surface area (Å²) in [6.45, 7) is 5.98. The molecule has 5 nitrogen and oxygen atoms in total. The molecule has 0 aliphatic heterocycles. The maximum atomic E-state index is 11.2. The van der Waals surface area contributed by atoms with E-state index >= 15 is 0 Å². The molecule has 0 spiro atoms. The van der Waals surface area contributed by atoms with Crippen molar-refractivity contribution < 1.29 is 9.53 Å². The molecule has 0 fully saturated rings. The lowest BCUT2D eigenvalue weighted by Crippen LogP contribution is -2.22. The third-order valence-corrected chi connectivity index (χ3v) is 1.95. The van der Waals surface area contributed by atoms with Crippen LogP contribution in [0.2, 0.25) is 0 Å². The first-order valence-corrected chi connectivity index (χ1v) is 5.33. The van der Waals surface area contributed by atoms with E-state index in [1.54, 1.807) is 13.1 Å². The molecule has 1 atom stereocenters. The predicted molar refractivity (Wildman–Crippen MR) is 61.1 cm³/mol. The second-order valence-electron chi connectivity index (χ2n) is 3.58. The van der Waals surface area contributed by atoms with Crippen LogP contribution in [0.1, 0.15) is 26.0 Å². The van der Waals surface area contributed by atoms with E-state index in [4.69, 9.17) is 4.74 Å². The number of esters is 1. The largest absolute Gasteiger partial charge is 0.466 e. The minimum absolute atomic E-state index is 0.0409. The van der Waals surface area contributed by atoms with E-state index in [0.29, 0.717) is 19.0 Å². The maximum absolute atomic E-state index is 11.2. The molecule has 1 aromatic rings. The maximum Gasteiger partial charge on any atom is 0.307 e. The predicted octanol–water partition coefficient (Wildman–Crippen LogP) is 1.54. The number of hydrogen-bond acceptors (Lipinski definition) is 5. The summed E-state index contributed by atoms with van der Waals surface area (Å²) in [6, 6.07) is 1.78. The van der Waals surface area contributed by atoms with E-state index < -0.39 is 0 Å². The summed E-state index contributed by atoms with van der Waals surface area (Å²) < 4.78 is 4.85. The third kappa shape index (κ3) is 4.25. The second kappa shape index (κ2) is 6.05. The van der Waals surface area contributed by atoms with E-state index in [1.807, 2.05) is 19.9 Å². The molecule has 5 heteroatoms. The van der Waals surface area contributed by atoms with Gasteiger partial charge in [-0.2, -0.15) is 0 Å². The van der Waals surface area contributed by atoms with Crippen molar-refractivity contribution >= 4 is 11.9 Å². The van der Waals surface area contributed by atoms with Crippen molar-refractivity contribution in [3.63, 3.8) is 0 Å². The molecule has 1 aromatic heterocycles. The Kier molecular flexibility index (Phi) is 4.69. The van der Waals surface area contributed by atoms with Gasteiger partial charge in [-0.15, -0.1) is 0 Å². The summed E-state index contributed by atoms with van der Waals surface area (Å²) in [7, 11) is 0. The lowest BCUT2D eigenvalue weighted by molar-refractivity contribution is -0.143. The van der Waals surface area contributed by atoms with Gasteiger partial charge < -0.3 is 10.1 Å². The number of carbonyl (C=O) groups is 1. The molecule has 0 aliphatic rings. The number of aromatic nitrogens is 2. The van der Waals surface area contributed by atoms with Crippen LogP contribution in [0.5, 0.6) is 0 Å². The first kappa shape index (κ1) is 12.4. The van der Waals surface area contributed by atoms with E-state index in [1.165, 1.54) is 0 Å². The molecule has 1 N–H and O–H groups in total. The molecule has 88 valence electrons. The van der Waals surface area contributed by atoms with Crippen molar-refractivity contribution in [2.45, 2.75) is 33.2 Å². The Labute approximate surface area is 95.3 Å². The van der Waals surface area contributed by atoms with Crippen LogP contribution in [-0.4, -0.2) is 28.6 Å². The molecule has 0 radical (unpaired) electrons. The van der Waals surface area contributed by atoms with Gasteiger partial charge in [0.1, 0.15) is 0 Å². The molecule has 0 saturated heterocycles. The Morgan fingerprint density at radius 3 is 3.00 bits per heavy atom. The Bertz CT molecular complexity index is 355. The first-order valence-electron chi connectivity index (χ1n) is 5.33. The molecule has 0 aromatic carbocycles. The molecule has 0 aliphatic carbocycles. The molecule has 1 unspecified atom stereocenters. The van der Waals surface area contributed by atoms with Gasteiger partial charge in [0.2, 0.25) is 5.95 Å². The van der Waals surface area contributed by atoms with E-state index in [2.05, 4.69) is 15.3 Å². The van der Waals surface area contributed by atoms with Crippen LogP contribution in [0, 0.1) is 6.92 Å². The standard InChI is InChI=1S/C11H17N3O2/c1-4-16-10(15)7-9(3)14-11-12-6-5-8(2)13-11/h5-6,9H,4,7H2,1-3H3,(H,12,13,14). The van der Waals surface area contributed by atoms with Crippen molar-refractivity contribution in [2.24, 2.45) is 0 Å². The van der Waals surface area contributed by atoms with Gasteiger partial charge in [0.05, 0.1) is 13.0 Å². The van der Waals surface area contributed by atoms with Crippen LogP contribution in [0.4, 0.5) is 5.95 Å². The highest BCUT2D eigenvalue weighted by molar-refractivity contribution is 5.70. The van der Waals surface area contributed by atoms with Crippen molar-refractivity contribution in [3.8, 4) is 0 Å². The number of carbonyl (C=O) groups excluding carboxylic acids is 1. The highest BCUT2D eigenvalue weighted by atomic mass is 16.5. The van der Waals surface area contributed by atoms with Gasteiger partial charge in [0, 0.05) is 17.9 Å². The topological polar surface area (TPSA) is 64.1 Å². The van der Waals surface area contributed by atoms with Gasteiger partial charge in [-0.1, -0.05) is 0 Å². The minimum Gasteiger partial charge on any atom is -0.466 e. The van der Waals surface area contributed by atoms with Gasteiger partial charge in [-0.25, -0.2) is 9.97 Å². The Morgan fingerprint density at radius 1 is 1.62 bits per heavy atom. The molecular formula is C11H17N3O2. The zero-order valence-corrected chi connectivity index (χ0v) is 9.86. The molecule has 0 amide bonds. The number of aryl methyl sites for hydroxylation is 1.